The minimum Gasteiger partial charge on any atom is -0.468 e. The third-order valence-corrected chi connectivity index (χ3v) is 12.0. The number of carbonyl (C=O) groups excluding carboxylic acids is 6. The van der Waals surface area contributed by atoms with Crippen molar-refractivity contribution in [1.82, 2.24) is 20.4 Å². The monoisotopic (exact) mass is 878 g/mol. The van der Waals surface area contributed by atoms with Crippen molar-refractivity contribution in [3.05, 3.63) is 71.8 Å². The van der Waals surface area contributed by atoms with Gasteiger partial charge in [0.15, 0.2) is 0 Å². The number of rotatable bonds is 11. The van der Waals surface area contributed by atoms with Gasteiger partial charge >= 0.3 is 23.9 Å². The van der Waals surface area contributed by atoms with Crippen molar-refractivity contribution < 1.29 is 47.7 Å². The third kappa shape index (κ3) is 9.68. The van der Waals surface area contributed by atoms with Crippen LogP contribution in [0.25, 0.3) is 0 Å². The Hall–Kier alpha value is -3.86. The molecule has 0 bridgehead atoms. The van der Waals surface area contributed by atoms with Crippen LogP contribution in [0.4, 0.5) is 0 Å². The summed E-state index contributed by atoms with van der Waals surface area (Å²) >= 11 is 6.31. The molecule has 0 saturated carbocycles. The van der Waals surface area contributed by atoms with E-state index in [9.17, 15) is 28.8 Å². The van der Waals surface area contributed by atoms with Crippen molar-refractivity contribution in [2.45, 2.75) is 84.4 Å². The summed E-state index contributed by atoms with van der Waals surface area (Å²) in [6.07, 6.45) is 3.80. The number of methoxy groups -OCH3 is 4. The summed E-state index contributed by atoms with van der Waals surface area (Å²) in [5.41, 5.74) is 1.27. The largest absolute Gasteiger partial charge is 0.468 e. The molecule has 14 nitrogen and oxygen atoms in total. The quantitative estimate of drug-likeness (QED) is 0.147. The molecular weight excluding hydrogens is 832 g/mol. The SMILES string of the molecule is COC(=O)C(Br)CCC(Br)C(=O)OC.COC(=O)C1CCC(C(=O)OC)N1Cc1ccccc1.O=C1NCC12CCC1(CNC1=O)N2Cc1ccccc1. The molecule has 6 unspecified atom stereocenters. The molecule has 2 amide bonds. The fourth-order valence-electron chi connectivity index (χ4n) is 7.17. The molecule has 4 fully saturated rings. The number of ether oxygens (including phenoxy) is 4. The van der Waals surface area contributed by atoms with Gasteiger partial charge < -0.3 is 29.6 Å². The first kappa shape index (κ1) is 42.9. The Morgan fingerprint density at radius 3 is 1.37 bits per heavy atom. The smallest absolute Gasteiger partial charge is 0.323 e. The van der Waals surface area contributed by atoms with Gasteiger partial charge in [0, 0.05) is 26.2 Å². The van der Waals surface area contributed by atoms with E-state index in [4.69, 9.17) is 9.47 Å². The Kier molecular flexibility index (Phi) is 15.6. The molecule has 54 heavy (non-hydrogen) atoms. The molecule has 0 aliphatic carbocycles. The van der Waals surface area contributed by atoms with Crippen LogP contribution in [-0.2, 0) is 60.8 Å². The van der Waals surface area contributed by atoms with E-state index < -0.39 is 11.1 Å². The van der Waals surface area contributed by atoms with E-state index in [2.05, 4.69) is 56.9 Å². The number of esters is 4. The van der Waals surface area contributed by atoms with Crippen molar-refractivity contribution in [2.75, 3.05) is 41.5 Å². The zero-order chi connectivity index (χ0) is 39.5. The number of nitrogens with zero attached hydrogens (tertiary/aromatic N) is 2. The number of hydrogen-bond acceptors (Lipinski definition) is 12. The lowest BCUT2D eigenvalue weighted by Gasteiger charge is -2.52. The fourth-order valence-corrected chi connectivity index (χ4v) is 8.08. The van der Waals surface area contributed by atoms with Gasteiger partial charge in [-0.2, -0.15) is 0 Å². The summed E-state index contributed by atoms with van der Waals surface area (Å²) in [6.45, 7) is 2.50. The first-order valence-electron chi connectivity index (χ1n) is 17.6. The molecule has 6 atom stereocenters. The minimum absolute atomic E-state index is 0.0741. The summed E-state index contributed by atoms with van der Waals surface area (Å²) in [5.74, 6) is -1.13. The van der Waals surface area contributed by atoms with Crippen LogP contribution < -0.4 is 10.6 Å². The maximum absolute atomic E-state index is 12.1. The molecular formula is C38H48Br2N4O10. The second-order valence-electron chi connectivity index (χ2n) is 13.4. The summed E-state index contributed by atoms with van der Waals surface area (Å²) in [5, 5.41) is 5.69. The number of hydrogen-bond donors (Lipinski definition) is 2. The highest BCUT2D eigenvalue weighted by Crippen LogP contribution is 2.47. The van der Waals surface area contributed by atoms with Crippen LogP contribution >= 0.6 is 31.9 Å². The summed E-state index contributed by atoms with van der Waals surface area (Å²) in [6, 6.07) is 19.0. The Labute approximate surface area is 332 Å². The first-order chi connectivity index (χ1) is 25.9. The van der Waals surface area contributed by atoms with Gasteiger partial charge in [0.1, 0.15) is 32.8 Å². The maximum Gasteiger partial charge on any atom is 0.323 e. The highest BCUT2D eigenvalue weighted by molar-refractivity contribution is 9.10. The van der Waals surface area contributed by atoms with Crippen LogP contribution in [0.15, 0.2) is 60.7 Å². The predicted molar refractivity (Wildman–Crippen MR) is 204 cm³/mol. The molecule has 4 aliphatic heterocycles. The fraction of sp³-hybridized carbons (Fsp3) is 0.526. The van der Waals surface area contributed by atoms with Gasteiger partial charge in [-0.05, 0) is 49.7 Å². The van der Waals surface area contributed by atoms with E-state index in [0.717, 1.165) is 24.0 Å². The van der Waals surface area contributed by atoms with E-state index in [-0.39, 0.29) is 57.4 Å². The van der Waals surface area contributed by atoms with Gasteiger partial charge in [-0.1, -0.05) is 92.5 Å². The van der Waals surface area contributed by atoms with Crippen molar-refractivity contribution in [1.29, 1.82) is 0 Å². The summed E-state index contributed by atoms with van der Waals surface area (Å²) in [4.78, 5) is 73.1. The van der Waals surface area contributed by atoms with E-state index in [1.54, 1.807) is 0 Å². The zero-order valence-corrected chi connectivity index (χ0v) is 34.1. The number of benzene rings is 2. The van der Waals surface area contributed by atoms with Gasteiger partial charge in [0.2, 0.25) is 11.8 Å². The van der Waals surface area contributed by atoms with Crippen molar-refractivity contribution >= 4 is 67.6 Å². The molecule has 0 radical (unpaired) electrons. The van der Waals surface area contributed by atoms with E-state index in [0.29, 0.717) is 51.9 Å². The first-order valence-corrected chi connectivity index (χ1v) is 19.5. The van der Waals surface area contributed by atoms with Gasteiger partial charge in [-0.3, -0.25) is 38.6 Å². The lowest BCUT2D eigenvalue weighted by atomic mass is 9.87. The molecule has 6 rings (SSSR count). The van der Waals surface area contributed by atoms with Crippen molar-refractivity contribution in [3.63, 3.8) is 0 Å². The number of amides is 2. The molecule has 4 saturated heterocycles. The second kappa shape index (κ2) is 19.6. The number of alkyl halides is 2. The van der Waals surface area contributed by atoms with Gasteiger partial charge in [-0.15, -0.1) is 0 Å². The summed E-state index contributed by atoms with van der Waals surface area (Å²) < 4.78 is 18.7. The molecule has 294 valence electrons. The van der Waals surface area contributed by atoms with Crippen molar-refractivity contribution in [2.24, 2.45) is 0 Å². The van der Waals surface area contributed by atoms with Gasteiger partial charge in [0.05, 0.1) is 28.4 Å². The summed E-state index contributed by atoms with van der Waals surface area (Å²) in [7, 11) is 5.38. The number of halogens is 2. The lowest BCUT2D eigenvalue weighted by molar-refractivity contribution is -0.156. The molecule has 2 spiro atoms. The Morgan fingerprint density at radius 1 is 0.667 bits per heavy atom. The zero-order valence-electron chi connectivity index (χ0n) is 30.9. The standard InChI is InChI=1S/C15H17N3O2.C15H19NO4.C8H12Br2O4/c19-12-14(9-16-12)6-7-15(10-17-13(15)20)18(14)8-11-4-2-1-3-5-11;1-19-14(17)12-8-9-13(15(18)20-2)16(12)10-11-6-4-3-5-7-11;1-13-7(11)5(9)3-4-6(10)8(12)14-2/h1-5H,6-10H2,(H,16,19)(H,17,20);3-7,12-13H,8-10H2,1-2H3;5-6H,3-4H2,1-2H3. The van der Waals surface area contributed by atoms with Gasteiger partial charge in [-0.25, -0.2) is 0 Å². The van der Waals surface area contributed by atoms with E-state index in [1.165, 1.54) is 28.4 Å². The minimum atomic E-state index is -0.465. The average molecular weight is 881 g/mol. The molecule has 16 heteroatoms. The number of likely N-dealkylation sites (tertiary alicyclic amines) is 2. The van der Waals surface area contributed by atoms with Crippen LogP contribution in [0.3, 0.4) is 0 Å². The van der Waals surface area contributed by atoms with Crippen LogP contribution in [0.2, 0.25) is 0 Å². The van der Waals surface area contributed by atoms with Crippen LogP contribution in [0, 0.1) is 0 Å². The molecule has 2 N–H and O–H groups in total. The lowest BCUT2D eigenvalue weighted by Crippen LogP contribution is -2.79. The number of β-lactam (4-membered cyclic amide) rings is 2. The van der Waals surface area contributed by atoms with Crippen LogP contribution in [0.5, 0.6) is 0 Å². The molecule has 0 aromatic heterocycles. The average Bonchev–Trinajstić information content (AvgIpc) is 3.80. The normalized spacial score (nSPS) is 25.2. The second-order valence-corrected chi connectivity index (χ2v) is 15.6. The Balaban J connectivity index is 0.000000185. The number of nitrogens with one attached hydrogen (secondary N) is 2. The highest BCUT2D eigenvalue weighted by Gasteiger charge is 2.67. The molecule has 4 aliphatic rings. The highest BCUT2D eigenvalue weighted by atomic mass is 79.9. The number of carbonyl (C=O) groups is 6. The third-order valence-electron chi connectivity index (χ3n) is 10.4. The molecule has 4 heterocycles. The predicted octanol–water partition coefficient (Wildman–Crippen LogP) is 3.02. The van der Waals surface area contributed by atoms with E-state index >= 15 is 0 Å². The van der Waals surface area contributed by atoms with E-state index in [1.807, 2.05) is 65.6 Å². The molecule has 2 aromatic rings. The van der Waals surface area contributed by atoms with Crippen molar-refractivity contribution in [3.8, 4) is 0 Å². The van der Waals surface area contributed by atoms with Crippen LogP contribution in [0.1, 0.15) is 49.7 Å². The Morgan fingerprint density at radius 2 is 1.06 bits per heavy atom. The Bertz CT molecular complexity index is 1560. The van der Waals surface area contributed by atoms with Crippen LogP contribution in [-0.4, -0.2) is 120 Å². The molecule has 2 aromatic carbocycles. The topological polar surface area (TPSA) is 170 Å². The van der Waals surface area contributed by atoms with Gasteiger partial charge in [0.25, 0.3) is 0 Å². The maximum atomic E-state index is 12.1.